The molecule has 3 rings (SSSR count). The summed E-state index contributed by atoms with van der Waals surface area (Å²) in [5, 5.41) is 10.6. The fourth-order valence-electron chi connectivity index (χ4n) is 2.55. The molecule has 8 heteroatoms. The van der Waals surface area contributed by atoms with Crippen molar-refractivity contribution in [3.63, 3.8) is 0 Å². The van der Waals surface area contributed by atoms with Crippen LogP contribution in [0.4, 0.5) is 11.5 Å². The Morgan fingerprint density at radius 3 is 2.52 bits per heavy atom. The van der Waals surface area contributed by atoms with Crippen LogP contribution in [0.5, 0.6) is 0 Å². The number of nitrogens with one attached hydrogen (secondary N) is 1. The molecule has 2 aromatic carbocycles. The number of hydrogen-bond donors (Lipinski definition) is 2. The van der Waals surface area contributed by atoms with Gasteiger partial charge >= 0.3 is 5.97 Å². The topological polar surface area (TPSA) is 112 Å². The second kappa shape index (κ2) is 7.69. The monoisotopic (exact) mass is 365 g/mol. The van der Waals surface area contributed by atoms with E-state index in [-0.39, 0.29) is 11.5 Å². The maximum atomic E-state index is 12.4. The molecule has 0 bridgehead atoms. The molecule has 0 aliphatic rings. The Balaban J connectivity index is 1.73. The smallest absolute Gasteiger partial charge is 0.337 e. The fraction of sp³-hybridized carbons (Fsp3) is 0.158. The Kier molecular flexibility index (Phi) is 5.16. The van der Waals surface area contributed by atoms with Gasteiger partial charge in [0.25, 0.3) is 5.91 Å². The Morgan fingerprint density at radius 2 is 1.85 bits per heavy atom. The van der Waals surface area contributed by atoms with Crippen LogP contribution in [0.3, 0.4) is 0 Å². The van der Waals surface area contributed by atoms with Gasteiger partial charge in [-0.2, -0.15) is 0 Å². The van der Waals surface area contributed by atoms with E-state index in [4.69, 9.17) is 5.73 Å². The van der Waals surface area contributed by atoms with E-state index in [2.05, 4.69) is 20.4 Å². The summed E-state index contributed by atoms with van der Waals surface area (Å²) in [6.07, 6.45) is 0. The molecule has 0 saturated heterocycles. The predicted octanol–water partition coefficient (Wildman–Crippen LogP) is 2.26. The molecule has 0 saturated carbocycles. The summed E-state index contributed by atoms with van der Waals surface area (Å²) in [5.74, 6) is -0.743. The first-order valence-electron chi connectivity index (χ1n) is 8.23. The summed E-state index contributed by atoms with van der Waals surface area (Å²) in [6.45, 7) is 2.42. The van der Waals surface area contributed by atoms with Crippen molar-refractivity contribution in [1.82, 2.24) is 15.0 Å². The van der Waals surface area contributed by atoms with Gasteiger partial charge in [-0.15, -0.1) is 5.10 Å². The van der Waals surface area contributed by atoms with Gasteiger partial charge in [0.2, 0.25) is 0 Å². The molecular formula is C19H19N5O3. The van der Waals surface area contributed by atoms with Crippen molar-refractivity contribution in [2.75, 3.05) is 18.2 Å². The van der Waals surface area contributed by atoms with Crippen LogP contribution in [0.2, 0.25) is 0 Å². The van der Waals surface area contributed by atoms with Gasteiger partial charge in [-0.1, -0.05) is 29.5 Å². The molecule has 8 nitrogen and oxygen atoms in total. The normalized spacial score (nSPS) is 10.4. The predicted molar refractivity (Wildman–Crippen MR) is 100 cm³/mol. The molecule has 3 aromatic rings. The number of hydrogen-bond acceptors (Lipinski definition) is 6. The minimum absolute atomic E-state index is 0.0422. The highest BCUT2D eigenvalue weighted by molar-refractivity contribution is 6.05. The van der Waals surface area contributed by atoms with E-state index < -0.39 is 11.9 Å². The number of nitrogens with zero attached hydrogens (tertiary/aromatic N) is 3. The van der Waals surface area contributed by atoms with Crippen molar-refractivity contribution < 1.29 is 14.3 Å². The van der Waals surface area contributed by atoms with Crippen LogP contribution in [-0.4, -0.2) is 34.0 Å². The first-order chi connectivity index (χ1) is 13.0. The highest BCUT2D eigenvalue weighted by atomic mass is 16.5. The Labute approximate surface area is 155 Å². The summed E-state index contributed by atoms with van der Waals surface area (Å²) in [4.78, 5) is 23.9. The summed E-state index contributed by atoms with van der Waals surface area (Å²) in [5.41, 5.74) is 9.13. The Bertz CT molecular complexity index is 979. The van der Waals surface area contributed by atoms with Crippen LogP contribution in [0.1, 0.15) is 32.0 Å². The fourth-order valence-corrected chi connectivity index (χ4v) is 2.55. The van der Waals surface area contributed by atoms with Crippen LogP contribution >= 0.6 is 0 Å². The highest BCUT2D eigenvalue weighted by Gasteiger charge is 2.18. The van der Waals surface area contributed by atoms with Crippen molar-refractivity contribution in [2.45, 2.75) is 13.5 Å². The van der Waals surface area contributed by atoms with E-state index in [9.17, 15) is 9.59 Å². The van der Waals surface area contributed by atoms with Gasteiger partial charge in [-0.05, 0) is 42.3 Å². The first-order valence-corrected chi connectivity index (χ1v) is 8.23. The second-order valence-electron chi connectivity index (χ2n) is 5.93. The molecule has 1 amide bonds. The maximum Gasteiger partial charge on any atom is 0.337 e. The van der Waals surface area contributed by atoms with Crippen LogP contribution in [0, 0.1) is 6.92 Å². The number of anilines is 2. The molecule has 0 radical (unpaired) electrons. The summed E-state index contributed by atoms with van der Waals surface area (Å²) in [6, 6.07) is 14.2. The van der Waals surface area contributed by atoms with Gasteiger partial charge < -0.3 is 15.8 Å². The van der Waals surface area contributed by atoms with Crippen molar-refractivity contribution >= 4 is 23.4 Å². The van der Waals surface area contributed by atoms with Crippen molar-refractivity contribution in [1.29, 1.82) is 0 Å². The quantitative estimate of drug-likeness (QED) is 0.671. The lowest BCUT2D eigenvalue weighted by Gasteiger charge is -2.07. The van der Waals surface area contributed by atoms with Gasteiger partial charge in [0.1, 0.15) is 0 Å². The average molecular weight is 365 g/mol. The lowest BCUT2D eigenvalue weighted by Crippen LogP contribution is -2.15. The molecule has 0 fully saturated rings. The lowest BCUT2D eigenvalue weighted by molar-refractivity contribution is 0.0600. The van der Waals surface area contributed by atoms with E-state index in [1.165, 1.54) is 11.8 Å². The summed E-state index contributed by atoms with van der Waals surface area (Å²) < 4.78 is 6.12. The molecule has 0 aliphatic heterocycles. The number of carbonyl (C=O) groups excluding carboxylic acids is 2. The van der Waals surface area contributed by atoms with Gasteiger partial charge in [0.15, 0.2) is 11.5 Å². The van der Waals surface area contributed by atoms with Crippen molar-refractivity contribution in [3.8, 4) is 0 Å². The number of ether oxygens (including phenoxy) is 1. The first kappa shape index (κ1) is 18.1. The zero-order valence-corrected chi connectivity index (χ0v) is 15.0. The second-order valence-corrected chi connectivity index (χ2v) is 5.93. The Morgan fingerprint density at radius 1 is 1.15 bits per heavy atom. The van der Waals surface area contributed by atoms with Gasteiger partial charge in [-0.25, -0.2) is 9.48 Å². The summed E-state index contributed by atoms with van der Waals surface area (Å²) >= 11 is 0. The maximum absolute atomic E-state index is 12.4. The molecule has 0 aliphatic carbocycles. The van der Waals surface area contributed by atoms with Crippen LogP contribution in [0.25, 0.3) is 0 Å². The van der Waals surface area contributed by atoms with Crippen LogP contribution < -0.4 is 11.1 Å². The molecule has 27 heavy (non-hydrogen) atoms. The number of nitrogens with two attached hydrogens (primary N) is 1. The third kappa shape index (κ3) is 3.95. The lowest BCUT2D eigenvalue weighted by atomic mass is 10.1. The van der Waals surface area contributed by atoms with Crippen molar-refractivity contribution in [3.05, 3.63) is 70.9 Å². The number of nitrogen functional groups attached to an aromatic ring is 1. The number of amides is 1. The minimum atomic E-state index is -0.477. The van der Waals surface area contributed by atoms with E-state index >= 15 is 0 Å². The van der Waals surface area contributed by atoms with E-state index in [1.54, 1.807) is 24.3 Å². The van der Waals surface area contributed by atoms with Gasteiger partial charge in [0, 0.05) is 5.69 Å². The number of benzene rings is 2. The SMILES string of the molecule is COC(=O)c1ccc(NC(=O)c2nnn(Cc3ccccc3C)c2N)cc1. The van der Waals surface area contributed by atoms with Crippen molar-refractivity contribution in [2.24, 2.45) is 0 Å². The summed E-state index contributed by atoms with van der Waals surface area (Å²) in [7, 11) is 1.31. The molecule has 0 unspecified atom stereocenters. The van der Waals surface area contributed by atoms with E-state index in [1.807, 2.05) is 31.2 Å². The third-order valence-corrected chi connectivity index (χ3v) is 4.13. The number of aromatic nitrogens is 3. The molecule has 0 atom stereocenters. The number of esters is 1. The minimum Gasteiger partial charge on any atom is -0.465 e. The molecule has 1 heterocycles. The highest BCUT2D eigenvalue weighted by Crippen LogP contribution is 2.16. The zero-order chi connectivity index (χ0) is 19.4. The standard InChI is InChI=1S/C19H19N5O3/c1-12-5-3-4-6-14(12)11-24-17(20)16(22-23-24)18(25)21-15-9-7-13(8-10-15)19(26)27-2/h3-10H,11,20H2,1-2H3,(H,21,25). The molecular weight excluding hydrogens is 346 g/mol. The number of rotatable bonds is 5. The van der Waals surface area contributed by atoms with Crippen LogP contribution in [-0.2, 0) is 11.3 Å². The molecule has 138 valence electrons. The molecule has 1 aromatic heterocycles. The Hall–Kier alpha value is -3.68. The number of carbonyl (C=O) groups is 2. The van der Waals surface area contributed by atoms with E-state index in [0.717, 1.165) is 11.1 Å². The van der Waals surface area contributed by atoms with E-state index in [0.29, 0.717) is 17.8 Å². The zero-order valence-electron chi connectivity index (χ0n) is 15.0. The largest absolute Gasteiger partial charge is 0.465 e. The third-order valence-electron chi connectivity index (χ3n) is 4.13. The van der Waals surface area contributed by atoms with Gasteiger partial charge in [0.05, 0.1) is 19.2 Å². The molecule has 3 N–H and O–H groups in total. The van der Waals surface area contributed by atoms with Crippen LogP contribution in [0.15, 0.2) is 48.5 Å². The molecule has 0 spiro atoms. The number of aryl methyl sites for hydroxylation is 1. The number of methoxy groups -OCH3 is 1. The van der Waals surface area contributed by atoms with Gasteiger partial charge in [-0.3, -0.25) is 4.79 Å². The average Bonchev–Trinajstić information content (AvgIpc) is 3.04.